The monoisotopic (exact) mass is 410 g/mol. The fraction of sp³-hybridized carbons (Fsp3) is 0.238. The third kappa shape index (κ3) is 4.48. The van der Waals surface area contributed by atoms with Crippen molar-refractivity contribution in [1.82, 2.24) is 15.1 Å². The van der Waals surface area contributed by atoms with E-state index in [2.05, 4.69) is 15.5 Å². The third-order valence-electron chi connectivity index (χ3n) is 4.87. The summed E-state index contributed by atoms with van der Waals surface area (Å²) in [4.78, 5) is 26.6. The summed E-state index contributed by atoms with van der Waals surface area (Å²) in [5.74, 6) is -0.704. The first-order valence-electron chi connectivity index (χ1n) is 9.35. The number of likely N-dealkylation sites (tertiary alicyclic amines) is 1. The smallest absolute Gasteiger partial charge is 0.286 e. The summed E-state index contributed by atoms with van der Waals surface area (Å²) >= 11 is 1.29. The number of para-hydroxylation sites is 1. The van der Waals surface area contributed by atoms with Gasteiger partial charge in [0.1, 0.15) is 10.8 Å². The van der Waals surface area contributed by atoms with Crippen LogP contribution < -0.4 is 5.32 Å². The molecule has 1 saturated heterocycles. The highest BCUT2D eigenvalue weighted by Crippen LogP contribution is 2.31. The van der Waals surface area contributed by atoms with Gasteiger partial charge in [0, 0.05) is 30.3 Å². The highest BCUT2D eigenvalue weighted by atomic mass is 32.1. The number of piperidine rings is 1. The molecule has 1 fully saturated rings. The number of anilines is 1. The molecule has 2 aromatic carbocycles. The summed E-state index contributed by atoms with van der Waals surface area (Å²) in [6.07, 6.45) is 1.46. The van der Waals surface area contributed by atoms with Gasteiger partial charge in [-0.25, -0.2) is 4.39 Å². The average Bonchev–Trinajstić information content (AvgIpc) is 3.25. The van der Waals surface area contributed by atoms with Gasteiger partial charge >= 0.3 is 0 Å². The summed E-state index contributed by atoms with van der Waals surface area (Å²) in [6, 6.07) is 14.9. The Hall–Kier alpha value is -3.13. The molecule has 0 atom stereocenters. The van der Waals surface area contributed by atoms with Crippen molar-refractivity contribution in [2.45, 2.75) is 18.8 Å². The van der Waals surface area contributed by atoms with Gasteiger partial charge in [-0.2, -0.15) is 0 Å². The number of amides is 2. The highest BCUT2D eigenvalue weighted by molar-refractivity contribution is 7.13. The van der Waals surface area contributed by atoms with Gasteiger partial charge in [-0.3, -0.25) is 9.59 Å². The molecule has 2 amide bonds. The van der Waals surface area contributed by atoms with Crippen molar-refractivity contribution in [3.8, 4) is 0 Å². The molecule has 1 aromatic heterocycles. The lowest BCUT2D eigenvalue weighted by atomic mass is 9.97. The number of hydrogen-bond acceptors (Lipinski definition) is 5. The number of nitrogens with one attached hydrogen (secondary N) is 1. The van der Waals surface area contributed by atoms with E-state index in [1.165, 1.54) is 23.5 Å². The minimum Gasteiger partial charge on any atom is -0.339 e. The van der Waals surface area contributed by atoms with Gasteiger partial charge in [-0.1, -0.05) is 35.6 Å². The Morgan fingerprint density at radius 1 is 1.03 bits per heavy atom. The normalized spacial score (nSPS) is 14.6. The number of aromatic nitrogens is 2. The first-order valence-corrected chi connectivity index (χ1v) is 10.2. The maximum atomic E-state index is 13.4. The number of nitrogens with zero attached hydrogens (tertiary/aromatic N) is 3. The second-order valence-corrected chi connectivity index (χ2v) is 7.85. The van der Waals surface area contributed by atoms with E-state index in [1.807, 2.05) is 30.3 Å². The van der Waals surface area contributed by atoms with E-state index in [0.717, 1.165) is 17.8 Å². The van der Waals surface area contributed by atoms with Crippen LogP contribution >= 0.6 is 11.3 Å². The van der Waals surface area contributed by atoms with E-state index in [0.29, 0.717) is 29.3 Å². The molecule has 0 unspecified atom stereocenters. The van der Waals surface area contributed by atoms with Crippen LogP contribution in [-0.4, -0.2) is 40.0 Å². The minimum atomic E-state index is -0.416. The van der Waals surface area contributed by atoms with Gasteiger partial charge in [0.15, 0.2) is 0 Å². The molecular weight excluding hydrogens is 391 g/mol. The maximum Gasteiger partial charge on any atom is 0.286 e. The molecule has 3 aromatic rings. The zero-order chi connectivity index (χ0) is 20.2. The summed E-state index contributed by atoms with van der Waals surface area (Å²) in [5, 5.41) is 12.2. The average molecular weight is 410 g/mol. The molecule has 1 N–H and O–H groups in total. The van der Waals surface area contributed by atoms with Crippen molar-refractivity contribution in [3.63, 3.8) is 0 Å². The Bertz CT molecular complexity index is 1020. The standard InChI is InChI=1S/C21H19FN4O2S/c22-16-6-4-5-15(13-16)21(28)26-11-9-14(10-12-26)19-24-25-20(29-19)18(27)23-17-7-2-1-3-8-17/h1-8,13-14H,9-12H2,(H,23,27). The molecule has 148 valence electrons. The zero-order valence-corrected chi connectivity index (χ0v) is 16.4. The molecule has 2 heterocycles. The van der Waals surface area contributed by atoms with Crippen molar-refractivity contribution in [2.24, 2.45) is 0 Å². The molecular formula is C21H19FN4O2S. The van der Waals surface area contributed by atoms with Gasteiger partial charge in [0.2, 0.25) is 5.01 Å². The molecule has 0 bridgehead atoms. The van der Waals surface area contributed by atoms with Crippen LogP contribution in [0.3, 0.4) is 0 Å². The van der Waals surface area contributed by atoms with Gasteiger partial charge < -0.3 is 10.2 Å². The molecule has 1 aliphatic heterocycles. The molecule has 29 heavy (non-hydrogen) atoms. The number of carbonyl (C=O) groups excluding carboxylic acids is 2. The minimum absolute atomic E-state index is 0.155. The molecule has 0 aliphatic carbocycles. The maximum absolute atomic E-state index is 13.4. The van der Waals surface area contributed by atoms with Gasteiger partial charge in [-0.15, -0.1) is 10.2 Å². The highest BCUT2D eigenvalue weighted by Gasteiger charge is 2.27. The van der Waals surface area contributed by atoms with E-state index in [1.54, 1.807) is 17.0 Å². The fourth-order valence-electron chi connectivity index (χ4n) is 3.33. The Morgan fingerprint density at radius 2 is 1.79 bits per heavy atom. The van der Waals surface area contributed by atoms with E-state index in [9.17, 15) is 14.0 Å². The van der Waals surface area contributed by atoms with E-state index in [-0.39, 0.29) is 17.7 Å². The van der Waals surface area contributed by atoms with E-state index in [4.69, 9.17) is 0 Å². The number of halogens is 1. The van der Waals surface area contributed by atoms with Gasteiger partial charge in [0.25, 0.3) is 11.8 Å². The molecule has 0 spiro atoms. The Balaban J connectivity index is 1.35. The second-order valence-electron chi connectivity index (χ2n) is 6.84. The number of rotatable bonds is 4. The zero-order valence-electron chi connectivity index (χ0n) is 15.5. The first-order chi connectivity index (χ1) is 14.1. The predicted molar refractivity (Wildman–Crippen MR) is 109 cm³/mol. The van der Waals surface area contributed by atoms with Crippen LogP contribution in [0.1, 0.15) is 43.9 Å². The van der Waals surface area contributed by atoms with Crippen molar-refractivity contribution in [1.29, 1.82) is 0 Å². The quantitative estimate of drug-likeness (QED) is 0.707. The second kappa shape index (κ2) is 8.48. The van der Waals surface area contributed by atoms with Crippen LogP contribution in [-0.2, 0) is 0 Å². The molecule has 0 radical (unpaired) electrons. The van der Waals surface area contributed by atoms with Gasteiger partial charge in [-0.05, 0) is 43.2 Å². The Labute approximate surface area is 171 Å². The lowest BCUT2D eigenvalue weighted by Gasteiger charge is -2.31. The molecule has 4 rings (SSSR count). The summed E-state index contributed by atoms with van der Waals surface area (Å²) in [5.41, 5.74) is 1.07. The van der Waals surface area contributed by atoms with Gasteiger partial charge in [0.05, 0.1) is 0 Å². The van der Waals surface area contributed by atoms with Crippen LogP contribution in [0.2, 0.25) is 0 Å². The predicted octanol–water partition coefficient (Wildman–Crippen LogP) is 3.95. The number of benzene rings is 2. The topological polar surface area (TPSA) is 75.2 Å². The largest absolute Gasteiger partial charge is 0.339 e. The lowest BCUT2D eigenvalue weighted by Crippen LogP contribution is -2.37. The van der Waals surface area contributed by atoms with Crippen LogP contribution in [0, 0.1) is 5.82 Å². The SMILES string of the molecule is O=C(Nc1ccccc1)c1nnc(C2CCN(C(=O)c3cccc(F)c3)CC2)s1. The van der Waals surface area contributed by atoms with E-state index >= 15 is 0 Å². The molecule has 0 saturated carbocycles. The lowest BCUT2D eigenvalue weighted by molar-refractivity contribution is 0.0712. The molecule has 8 heteroatoms. The fourth-order valence-corrected chi connectivity index (χ4v) is 4.24. The van der Waals surface area contributed by atoms with Crippen molar-refractivity contribution in [2.75, 3.05) is 18.4 Å². The Morgan fingerprint density at radius 3 is 2.52 bits per heavy atom. The third-order valence-corrected chi connectivity index (χ3v) is 5.95. The first kappa shape index (κ1) is 19.2. The van der Waals surface area contributed by atoms with Crippen LogP contribution in [0.25, 0.3) is 0 Å². The van der Waals surface area contributed by atoms with Crippen molar-refractivity contribution < 1.29 is 14.0 Å². The van der Waals surface area contributed by atoms with E-state index < -0.39 is 5.82 Å². The molecule has 6 nitrogen and oxygen atoms in total. The van der Waals surface area contributed by atoms with Crippen molar-refractivity contribution in [3.05, 3.63) is 76.0 Å². The van der Waals surface area contributed by atoms with Crippen LogP contribution in [0.4, 0.5) is 10.1 Å². The number of hydrogen-bond donors (Lipinski definition) is 1. The van der Waals surface area contributed by atoms with Crippen LogP contribution in [0.5, 0.6) is 0 Å². The number of carbonyl (C=O) groups is 2. The molecule has 1 aliphatic rings. The summed E-state index contributed by atoms with van der Waals surface area (Å²) < 4.78 is 13.4. The summed E-state index contributed by atoms with van der Waals surface area (Å²) in [7, 11) is 0. The Kier molecular flexibility index (Phi) is 5.62. The summed E-state index contributed by atoms with van der Waals surface area (Å²) in [6.45, 7) is 1.12. The van der Waals surface area contributed by atoms with Crippen LogP contribution in [0.15, 0.2) is 54.6 Å². The van der Waals surface area contributed by atoms with Crippen molar-refractivity contribution >= 4 is 28.8 Å².